The Hall–Kier alpha value is -1.63. The predicted molar refractivity (Wildman–Crippen MR) is 65.0 cm³/mol. The van der Waals surface area contributed by atoms with Gasteiger partial charge in [0.1, 0.15) is 0 Å². The van der Waals surface area contributed by atoms with Crippen LogP contribution in [0.1, 0.15) is 26.2 Å². The number of carbonyl (C=O) groups excluding carboxylic acids is 3. The Morgan fingerprint density at radius 1 is 1.22 bits per heavy atom. The van der Waals surface area contributed by atoms with Crippen molar-refractivity contribution in [1.29, 1.82) is 0 Å². The molecule has 0 aliphatic carbocycles. The second kappa shape index (κ2) is 6.95. The average Bonchev–Trinajstić information content (AvgIpc) is 2.37. The molecule has 0 bridgehead atoms. The molecule has 0 unspecified atom stereocenters. The summed E-state index contributed by atoms with van der Waals surface area (Å²) in [4.78, 5) is 37.3. The van der Waals surface area contributed by atoms with Crippen molar-refractivity contribution in [2.24, 2.45) is 5.84 Å². The van der Waals surface area contributed by atoms with Crippen LogP contribution < -0.4 is 11.3 Å². The van der Waals surface area contributed by atoms with Crippen molar-refractivity contribution in [2.75, 3.05) is 26.2 Å². The van der Waals surface area contributed by atoms with Crippen molar-refractivity contribution >= 4 is 17.7 Å². The van der Waals surface area contributed by atoms with Gasteiger partial charge in [-0.1, -0.05) is 0 Å². The molecule has 7 nitrogen and oxygen atoms in total. The van der Waals surface area contributed by atoms with Gasteiger partial charge in [-0.3, -0.25) is 19.8 Å². The molecule has 3 N–H and O–H groups in total. The average molecular weight is 256 g/mol. The summed E-state index contributed by atoms with van der Waals surface area (Å²) in [6.45, 7) is 3.25. The minimum atomic E-state index is -0.215. The van der Waals surface area contributed by atoms with Crippen LogP contribution in [0.3, 0.4) is 0 Å². The largest absolute Gasteiger partial charge is 0.332 e. The van der Waals surface area contributed by atoms with Gasteiger partial charge in [-0.15, -0.1) is 0 Å². The predicted octanol–water partition coefficient (Wildman–Crippen LogP) is -1.16. The molecule has 0 aromatic carbocycles. The third kappa shape index (κ3) is 3.99. The summed E-state index contributed by atoms with van der Waals surface area (Å²) < 4.78 is 0. The molecule has 3 amide bonds. The van der Waals surface area contributed by atoms with Gasteiger partial charge < -0.3 is 9.80 Å². The molecule has 1 rings (SSSR count). The van der Waals surface area contributed by atoms with Crippen molar-refractivity contribution in [2.45, 2.75) is 26.2 Å². The summed E-state index contributed by atoms with van der Waals surface area (Å²) in [5, 5.41) is 0. The smallest absolute Gasteiger partial charge is 0.242 e. The minimum Gasteiger partial charge on any atom is -0.332 e. The maximum Gasteiger partial charge on any atom is 0.242 e. The highest BCUT2D eigenvalue weighted by Crippen LogP contribution is 2.07. The van der Waals surface area contributed by atoms with Gasteiger partial charge in [-0.05, 0) is 19.8 Å². The second-order valence-corrected chi connectivity index (χ2v) is 4.25. The number of likely N-dealkylation sites (N-methyl/N-ethyl adjacent to an activating group) is 1. The number of hydrogen-bond acceptors (Lipinski definition) is 4. The number of nitrogens with two attached hydrogens (primary N) is 1. The van der Waals surface area contributed by atoms with Gasteiger partial charge in [0.2, 0.25) is 17.7 Å². The number of nitrogens with one attached hydrogen (secondary N) is 1. The molecule has 7 heteroatoms. The van der Waals surface area contributed by atoms with Crippen LogP contribution in [0, 0.1) is 0 Å². The van der Waals surface area contributed by atoms with E-state index < -0.39 is 0 Å². The third-order valence-corrected chi connectivity index (χ3v) is 2.98. The summed E-state index contributed by atoms with van der Waals surface area (Å²) >= 11 is 0. The molecule has 0 aromatic rings. The lowest BCUT2D eigenvalue weighted by Gasteiger charge is -2.33. The zero-order chi connectivity index (χ0) is 13.5. The fourth-order valence-corrected chi connectivity index (χ4v) is 1.86. The Morgan fingerprint density at radius 2 is 1.83 bits per heavy atom. The highest BCUT2D eigenvalue weighted by atomic mass is 16.2. The van der Waals surface area contributed by atoms with E-state index in [-0.39, 0.29) is 30.8 Å². The summed E-state index contributed by atoms with van der Waals surface area (Å²) in [6, 6.07) is 0. The first-order valence-electron chi connectivity index (χ1n) is 6.13. The standard InChI is InChI=1S/C11H20N4O3/c1-2-14-7-11(18)15(8-10(14)17)6-4-3-5-9(16)13-12/h2-8,12H2,1H3,(H,13,16). The molecule has 102 valence electrons. The first kappa shape index (κ1) is 14.4. The van der Waals surface area contributed by atoms with Crippen molar-refractivity contribution < 1.29 is 14.4 Å². The number of nitrogens with zero attached hydrogens (tertiary/aromatic N) is 2. The molecule has 0 saturated carbocycles. The van der Waals surface area contributed by atoms with Crippen LogP contribution >= 0.6 is 0 Å². The molecule has 0 atom stereocenters. The number of carbonyl (C=O) groups is 3. The normalized spacial score (nSPS) is 16.1. The Kier molecular flexibility index (Phi) is 5.57. The second-order valence-electron chi connectivity index (χ2n) is 4.25. The van der Waals surface area contributed by atoms with Gasteiger partial charge in [0.25, 0.3) is 0 Å². The molecule has 1 heterocycles. The van der Waals surface area contributed by atoms with E-state index in [0.717, 1.165) is 0 Å². The van der Waals surface area contributed by atoms with Crippen LogP contribution in [0.5, 0.6) is 0 Å². The lowest BCUT2D eigenvalue weighted by molar-refractivity contribution is -0.149. The van der Waals surface area contributed by atoms with E-state index in [4.69, 9.17) is 5.84 Å². The van der Waals surface area contributed by atoms with E-state index in [2.05, 4.69) is 5.43 Å². The number of amides is 3. The Labute approximate surface area is 106 Å². The minimum absolute atomic E-state index is 0.0169. The molecule has 18 heavy (non-hydrogen) atoms. The van der Waals surface area contributed by atoms with Gasteiger partial charge in [0.15, 0.2) is 0 Å². The number of unbranched alkanes of at least 4 members (excludes halogenated alkanes) is 1. The van der Waals surface area contributed by atoms with E-state index in [9.17, 15) is 14.4 Å². The molecule has 1 fully saturated rings. The fraction of sp³-hybridized carbons (Fsp3) is 0.727. The van der Waals surface area contributed by atoms with Gasteiger partial charge in [0.05, 0.1) is 13.1 Å². The SMILES string of the molecule is CCN1CC(=O)N(CCCCC(=O)NN)CC1=O. The van der Waals surface area contributed by atoms with E-state index >= 15 is 0 Å². The molecular weight excluding hydrogens is 236 g/mol. The summed E-state index contributed by atoms with van der Waals surface area (Å²) in [7, 11) is 0. The number of hydrogen-bond donors (Lipinski definition) is 2. The van der Waals surface area contributed by atoms with Gasteiger partial charge in [-0.25, -0.2) is 5.84 Å². The number of hydrazine groups is 1. The van der Waals surface area contributed by atoms with Gasteiger partial charge in [0, 0.05) is 19.5 Å². The maximum absolute atomic E-state index is 11.7. The van der Waals surface area contributed by atoms with E-state index in [0.29, 0.717) is 32.4 Å². The van der Waals surface area contributed by atoms with Gasteiger partial charge >= 0.3 is 0 Å². The third-order valence-electron chi connectivity index (χ3n) is 2.98. The molecular formula is C11H20N4O3. The van der Waals surface area contributed by atoms with E-state index in [1.54, 1.807) is 9.80 Å². The lowest BCUT2D eigenvalue weighted by atomic mass is 10.2. The molecule has 1 aliphatic rings. The number of rotatable bonds is 6. The fourth-order valence-electron chi connectivity index (χ4n) is 1.86. The maximum atomic E-state index is 11.7. The van der Waals surface area contributed by atoms with Crippen LogP contribution in [0.2, 0.25) is 0 Å². The van der Waals surface area contributed by atoms with Crippen molar-refractivity contribution in [1.82, 2.24) is 15.2 Å². The number of piperazine rings is 1. The van der Waals surface area contributed by atoms with Crippen LogP contribution in [0.15, 0.2) is 0 Å². The summed E-state index contributed by atoms with van der Waals surface area (Å²) in [5.41, 5.74) is 2.05. The Balaban J connectivity index is 2.28. The zero-order valence-electron chi connectivity index (χ0n) is 10.6. The molecule has 1 aliphatic heterocycles. The summed E-state index contributed by atoms with van der Waals surface area (Å²) in [5.74, 6) is 4.69. The lowest BCUT2D eigenvalue weighted by Crippen LogP contribution is -2.53. The van der Waals surface area contributed by atoms with Crippen LogP contribution in [-0.2, 0) is 14.4 Å². The Bertz CT molecular complexity index is 332. The first-order chi connectivity index (χ1) is 8.58. The molecule has 0 spiro atoms. The highest BCUT2D eigenvalue weighted by Gasteiger charge is 2.28. The molecule has 0 radical (unpaired) electrons. The molecule has 0 aromatic heterocycles. The van der Waals surface area contributed by atoms with Crippen LogP contribution in [-0.4, -0.2) is 53.7 Å². The van der Waals surface area contributed by atoms with E-state index in [1.165, 1.54) is 0 Å². The quantitative estimate of drug-likeness (QED) is 0.271. The highest BCUT2D eigenvalue weighted by molar-refractivity contribution is 5.92. The van der Waals surface area contributed by atoms with E-state index in [1.807, 2.05) is 6.92 Å². The van der Waals surface area contributed by atoms with Gasteiger partial charge in [-0.2, -0.15) is 0 Å². The van der Waals surface area contributed by atoms with Crippen LogP contribution in [0.4, 0.5) is 0 Å². The van der Waals surface area contributed by atoms with Crippen molar-refractivity contribution in [3.8, 4) is 0 Å². The monoisotopic (exact) mass is 256 g/mol. The molecule has 1 saturated heterocycles. The first-order valence-corrected chi connectivity index (χ1v) is 6.13. The summed E-state index contributed by atoms with van der Waals surface area (Å²) in [6.07, 6.45) is 1.69. The zero-order valence-corrected chi connectivity index (χ0v) is 10.6. The topological polar surface area (TPSA) is 95.7 Å². The Morgan fingerprint density at radius 3 is 2.44 bits per heavy atom. The van der Waals surface area contributed by atoms with Crippen molar-refractivity contribution in [3.05, 3.63) is 0 Å². The van der Waals surface area contributed by atoms with Crippen molar-refractivity contribution in [3.63, 3.8) is 0 Å². The van der Waals surface area contributed by atoms with Crippen LogP contribution in [0.25, 0.3) is 0 Å².